The molecule has 0 radical (unpaired) electrons. The predicted molar refractivity (Wildman–Crippen MR) is 160 cm³/mol. The van der Waals surface area contributed by atoms with Crippen LogP contribution in [0, 0.1) is 35.5 Å². The molecule has 1 aliphatic carbocycles. The summed E-state index contributed by atoms with van der Waals surface area (Å²) in [6.45, 7) is 14.7. The molecule has 4 atom stereocenters. The molecule has 4 heteroatoms. The van der Waals surface area contributed by atoms with Gasteiger partial charge in [0.1, 0.15) is 0 Å². The highest BCUT2D eigenvalue weighted by atomic mass is 16.5. The Balaban J connectivity index is 2.13. The zero-order valence-electron chi connectivity index (χ0n) is 26.2. The van der Waals surface area contributed by atoms with Crippen LogP contribution in [-0.2, 0) is 19.1 Å². The van der Waals surface area contributed by atoms with E-state index in [4.69, 9.17) is 9.47 Å². The summed E-state index contributed by atoms with van der Waals surface area (Å²) in [5.41, 5.74) is 0. The van der Waals surface area contributed by atoms with E-state index in [-0.39, 0.29) is 23.8 Å². The number of ether oxygens (including phenoxy) is 2. The Kier molecular flexibility index (Phi) is 20.0. The number of hydrogen-bond acceptors (Lipinski definition) is 4. The highest BCUT2D eigenvalue weighted by Crippen LogP contribution is 2.31. The van der Waals surface area contributed by atoms with Gasteiger partial charge < -0.3 is 9.47 Å². The maximum atomic E-state index is 12.6. The zero-order valence-corrected chi connectivity index (χ0v) is 26.2. The van der Waals surface area contributed by atoms with Crippen LogP contribution in [0.4, 0.5) is 0 Å². The molecule has 0 aromatic carbocycles. The second kappa shape index (κ2) is 21.7. The molecular weight excluding hydrogens is 472 g/mol. The van der Waals surface area contributed by atoms with E-state index in [1.165, 1.54) is 77.0 Å². The van der Waals surface area contributed by atoms with E-state index in [1.54, 1.807) is 0 Å². The Morgan fingerprint density at radius 1 is 0.526 bits per heavy atom. The van der Waals surface area contributed by atoms with Gasteiger partial charge in [-0.25, -0.2) is 0 Å². The average Bonchev–Trinajstić information content (AvgIpc) is 2.90. The molecule has 0 bridgehead atoms. The van der Waals surface area contributed by atoms with Gasteiger partial charge in [0, 0.05) is 0 Å². The monoisotopic (exact) mass is 536 g/mol. The third-order valence-electron chi connectivity index (χ3n) is 8.80. The fourth-order valence-corrected chi connectivity index (χ4v) is 5.82. The summed E-state index contributed by atoms with van der Waals surface area (Å²) in [5.74, 6) is 2.21. The second-order valence-corrected chi connectivity index (χ2v) is 13.1. The molecule has 1 aliphatic rings. The molecule has 0 spiro atoms. The molecule has 1 rings (SSSR count). The van der Waals surface area contributed by atoms with E-state index in [0.717, 1.165) is 50.4 Å². The van der Waals surface area contributed by atoms with E-state index in [2.05, 4.69) is 41.5 Å². The Bertz CT molecular complexity index is 543. The lowest BCUT2D eigenvalue weighted by Gasteiger charge is -2.26. The van der Waals surface area contributed by atoms with Gasteiger partial charge in [0.25, 0.3) is 0 Å². The maximum absolute atomic E-state index is 12.6. The van der Waals surface area contributed by atoms with Crippen molar-refractivity contribution in [2.24, 2.45) is 35.5 Å². The first-order valence-corrected chi connectivity index (χ1v) is 16.6. The van der Waals surface area contributed by atoms with Gasteiger partial charge in [-0.05, 0) is 62.2 Å². The number of carbonyl (C=O) groups is 2. The normalized spacial score (nSPS) is 20.9. The lowest BCUT2D eigenvalue weighted by atomic mass is 9.82. The van der Waals surface area contributed by atoms with Crippen LogP contribution in [0.25, 0.3) is 0 Å². The lowest BCUT2D eigenvalue weighted by molar-refractivity contribution is -0.156. The smallest absolute Gasteiger partial charge is 0.308 e. The van der Waals surface area contributed by atoms with Crippen LogP contribution in [0.15, 0.2) is 0 Å². The van der Waals surface area contributed by atoms with E-state index < -0.39 is 0 Å². The van der Waals surface area contributed by atoms with Crippen molar-refractivity contribution >= 4 is 11.9 Å². The topological polar surface area (TPSA) is 52.6 Å². The molecular formula is C34H64O4. The highest BCUT2D eigenvalue weighted by Gasteiger charge is 2.32. The summed E-state index contributed by atoms with van der Waals surface area (Å²) in [4.78, 5) is 25.2. The van der Waals surface area contributed by atoms with Crippen molar-refractivity contribution < 1.29 is 19.1 Å². The van der Waals surface area contributed by atoms with Crippen molar-refractivity contribution in [1.29, 1.82) is 0 Å². The molecule has 1 saturated carbocycles. The first-order valence-electron chi connectivity index (χ1n) is 16.6. The number of esters is 2. The largest absolute Gasteiger partial charge is 0.465 e. The molecule has 0 aliphatic heterocycles. The Morgan fingerprint density at radius 3 is 1.18 bits per heavy atom. The maximum Gasteiger partial charge on any atom is 0.308 e. The van der Waals surface area contributed by atoms with Crippen molar-refractivity contribution in [3.05, 3.63) is 0 Å². The third-order valence-corrected chi connectivity index (χ3v) is 8.80. The van der Waals surface area contributed by atoms with E-state index in [1.807, 2.05) is 0 Å². The van der Waals surface area contributed by atoms with Crippen LogP contribution in [0.3, 0.4) is 0 Å². The van der Waals surface area contributed by atoms with Crippen molar-refractivity contribution in [3.63, 3.8) is 0 Å². The first-order chi connectivity index (χ1) is 18.3. The molecule has 0 amide bonds. The molecule has 1 fully saturated rings. The van der Waals surface area contributed by atoms with Crippen LogP contribution in [0.2, 0.25) is 0 Å². The molecule has 4 nitrogen and oxygen atoms in total. The van der Waals surface area contributed by atoms with E-state index in [0.29, 0.717) is 25.0 Å². The fourth-order valence-electron chi connectivity index (χ4n) is 5.82. The minimum Gasteiger partial charge on any atom is -0.465 e. The van der Waals surface area contributed by atoms with Gasteiger partial charge in [-0.15, -0.1) is 0 Å². The Morgan fingerprint density at radius 2 is 0.842 bits per heavy atom. The van der Waals surface area contributed by atoms with Crippen molar-refractivity contribution in [2.45, 2.75) is 157 Å². The predicted octanol–water partition coefficient (Wildman–Crippen LogP) is 9.92. The van der Waals surface area contributed by atoms with Gasteiger partial charge in [-0.3, -0.25) is 9.59 Å². The summed E-state index contributed by atoms with van der Waals surface area (Å²) >= 11 is 0. The summed E-state index contributed by atoms with van der Waals surface area (Å²) in [6.07, 6.45) is 20.9. The van der Waals surface area contributed by atoms with Crippen LogP contribution >= 0.6 is 0 Å². The van der Waals surface area contributed by atoms with Crippen LogP contribution in [0.1, 0.15) is 157 Å². The number of hydrogen-bond donors (Lipinski definition) is 0. The standard InChI is InChI=1S/C34H64O4/c1-7-9-11-15-27(3)17-13-19-29(5)25-37-33(35)31-21-23-32(24-22-31)34(36)38-26-30(6)20-14-18-28(4)16-12-10-8-2/h27-32H,7-26H2,1-6H3. The van der Waals surface area contributed by atoms with Crippen molar-refractivity contribution in [3.8, 4) is 0 Å². The molecule has 0 heterocycles. The SMILES string of the molecule is CCCCCC(C)CCCC(C)COC(=O)C1CCC(C(=O)OCC(C)CCCC(C)CCCCC)CC1. The van der Waals surface area contributed by atoms with Gasteiger partial charge >= 0.3 is 11.9 Å². The van der Waals surface area contributed by atoms with Gasteiger partial charge in [0.05, 0.1) is 25.0 Å². The Hall–Kier alpha value is -1.06. The van der Waals surface area contributed by atoms with Gasteiger partial charge in [0.2, 0.25) is 0 Å². The fraction of sp³-hybridized carbons (Fsp3) is 0.941. The quantitative estimate of drug-likeness (QED) is 0.102. The summed E-state index contributed by atoms with van der Waals surface area (Å²) in [6, 6.07) is 0. The highest BCUT2D eigenvalue weighted by molar-refractivity contribution is 5.75. The van der Waals surface area contributed by atoms with Gasteiger partial charge in [-0.1, -0.05) is 119 Å². The van der Waals surface area contributed by atoms with Crippen molar-refractivity contribution in [1.82, 2.24) is 0 Å². The summed E-state index contributed by atoms with van der Waals surface area (Å²) in [7, 11) is 0. The molecule has 0 saturated heterocycles. The first kappa shape index (κ1) is 35.0. The number of rotatable bonds is 22. The third kappa shape index (κ3) is 16.8. The minimum atomic E-state index is -0.0610. The molecule has 224 valence electrons. The Labute approximate surface area is 236 Å². The minimum absolute atomic E-state index is 0.0527. The zero-order chi connectivity index (χ0) is 28.2. The molecule has 4 unspecified atom stereocenters. The summed E-state index contributed by atoms with van der Waals surface area (Å²) in [5, 5.41) is 0. The van der Waals surface area contributed by atoms with Crippen LogP contribution in [-0.4, -0.2) is 25.2 Å². The van der Waals surface area contributed by atoms with Gasteiger partial charge in [-0.2, -0.15) is 0 Å². The molecule has 0 N–H and O–H groups in total. The van der Waals surface area contributed by atoms with Crippen LogP contribution < -0.4 is 0 Å². The second-order valence-electron chi connectivity index (χ2n) is 13.1. The van der Waals surface area contributed by atoms with Crippen molar-refractivity contribution in [2.75, 3.05) is 13.2 Å². The molecule has 0 aromatic heterocycles. The van der Waals surface area contributed by atoms with Gasteiger partial charge in [0.15, 0.2) is 0 Å². The summed E-state index contributed by atoms with van der Waals surface area (Å²) < 4.78 is 11.4. The van der Waals surface area contributed by atoms with Crippen LogP contribution in [0.5, 0.6) is 0 Å². The molecule has 38 heavy (non-hydrogen) atoms. The number of carbonyl (C=O) groups excluding carboxylic acids is 2. The van der Waals surface area contributed by atoms with E-state index in [9.17, 15) is 9.59 Å². The number of unbranched alkanes of at least 4 members (excludes halogenated alkanes) is 4. The molecule has 0 aromatic rings. The van der Waals surface area contributed by atoms with E-state index >= 15 is 0 Å². The lowest BCUT2D eigenvalue weighted by Crippen LogP contribution is -2.29. The average molecular weight is 537 g/mol.